The highest BCUT2D eigenvalue weighted by Crippen LogP contribution is 2.26. The van der Waals surface area contributed by atoms with E-state index in [0.29, 0.717) is 13.0 Å². The average molecular weight is 478 g/mol. The van der Waals surface area contributed by atoms with Gasteiger partial charge in [-0.1, -0.05) is 42.0 Å². The van der Waals surface area contributed by atoms with Crippen molar-refractivity contribution in [3.8, 4) is 0 Å². The molecule has 0 aliphatic carbocycles. The zero-order chi connectivity index (χ0) is 25.2. The van der Waals surface area contributed by atoms with E-state index in [-0.39, 0.29) is 42.1 Å². The number of aromatic nitrogens is 2. The van der Waals surface area contributed by atoms with Crippen molar-refractivity contribution in [2.24, 2.45) is 0 Å². The van der Waals surface area contributed by atoms with Gasteiger partial charge in [0.1, 0.15) is 17.1 Å². The summed E-state index contributed by atoms with van der Waals surface area (Å²) in [7, 11) is 1.55. The van der Waals surface area contributed by atoms with Gasteiger partial charge >= 0.3 is 0 Å². The van der Waals surface area contributed by atoms with E-state index < -0.39 is 11.4 Å². The van der Waals surface area contributed by atoms with Gasteiger partial charge < -0.3 is 15.5 Å². The molecular weight excluding hydrogens is 449 g/mol. The third-order valence-corrected chi connectivity index (χ3v) is 6.41. The molecule has 0 radical (unpaired) electrons. The highest BCUT2D eigenvalue weighted by atomic mass is 19.1. The Bertz CT molecular complexity index is 1250. The third kappa shape index (κ3) is 5.08. The molecule has 0 bridgehead atoms. The molecule has 0 saturated carbocycles. The summed E-state index contributed by atoms with van der Waals surface area (Å²) >= 11 is 0. The topological polar surface area (TPSA) is 96.3 Å². The van der Waals surface area contributed by atoms with Gasteiger partial charge in [-0.2, -0.15) is 5.10 Å². The standard InChI is InChI=1S/C26H28FN5O3/c1-17-4-6-18(7-5-17)12-13-28-23(33)21-14-22-24(34)31(3)26(2,16-32(22)30-21)25(35)29-15-19-8-10-20(27)11-9-19/h4-11,14H,12-13,15-16H2,1-3H3,(H,28,33)(H,29,35)/t26-/m1/s1. The summed E-state index contributed by atoms with van der Waals surface area (Å²) in [5.41, 5.74) is 2.18. The lowest BCUT2D eigenvalue weighted by molar-refractivity contribution is -0.132. The average Bonchev–Trinajstić information content (AvgIpc) is 3.27. The highest BCUT2D eigenvalue weighted by molar-refractivity contribution is 6.01. The van der Waals surface area contributed by atoms with Crippen molar-refractivity contribution in [2.45, 2.75) is 38.9 Å². The van der Waals surface area contributed by atoms with E-state index in [0.717, 1.165) is 11.1 Å². The molecule has 8 nitrogen and oxygen atoms in total. The van der Waals surface area contributed by atoms with Crippen LogP contribution in [0.1, 0.15) is 44.6 Å². The zero-order valence-electron chi connectivity index (χ0n) is 20.0. The van der Waals surface area contributed by atoms with Gasteiger partial charge in [0.15, 0.2) is 5.69 Å². The van der Waals surface area contributed by atoms with Gasteiger partial charge in [-0.3, -0.25) is 19.1 Å². The number of fused-ring (bicyclic) bond motifs is 1. The minimum absolute atomic E-state index is 0.0937. The summed E-state index contributed by atoms with van der Waals surface area (Å²) in [5.74, 6) is -1.51. The van der Waals surface area contributed by atoms with Crippen molar-refractivity contribution in [1.29, 1.82) is 0 Å². The van der Waals surface area contributed by atoms with Crippen LogP contribution in [0.25, 0.3) is 0 Å². The predicted octanol–water partition coefficient (Wildman–Crippen LogP) is 2.46. The van der Waals surface area contributed by atoms with E-state index in [1.165, 1.54) is 33.3 Å². The molecule has 2 N–H and O–H groups in total. The van der Waals surface area contributed by atoms with Gasteiger partial charge in [-0.25, -0.2) is 4.39 Å². The van der Waals surface area contributed by atoms with Crippen LogP contribution in [-0.4, -0.2) is 51.5 Å². The molecule has 182 valence electrons. The smallest absolute Gasteiger partial charge is 0.272 e. The summed E-state index contributed by atoms with van der Waals surface area (Å²) in [4.78, 5) is 40.1. The van der Waals surface area contributed by atoms with Gasteiger partial charge in [0.2, 0.25) is 5.91 Å². The Hall–Kier alpha value is -4.01. The Balaban J connectivity index is 1.41. The number of nitrogens with zero attached hydrogens (tertiary/aromatic N) is 3. The van der Waals surface area contributed by atoms with Crippen LogP contribution in [0.15, 0.2) is 54.6 Å². The number of hydrogen-bond donors (Lipinski definition) is 2. The van der Waals surface area contributed by atoms with Crippen LogP contribution in [0.3, 0.4) is 0 Å². The zero-order valence-corrected chi connectivity index (χ0v) is 20.0. The Kier molecular flexibility index (Phi) is 6.68. The predicted molar refractivity (Wildman–Crippen MR) is 128 cm³/mol. The molecule has 3 amide bonds. The van der Waals surface area contributed by atoms with E-state index in [2.05, 4.69) is 15.7 Å². The molecule has 1 aliphatic rings. The van der Waals surface area contributed by atoms with E-state index in [9.17, 15) is 18.8 Å². The molecular formula is C26H28FN5O3. The van der Waals surface area contributed by atoms with E-state index >= 15 is 0 Å². The van der Waals surface area contributed by atoms with Crippen molar-refractivity contribution in [1.82, 2.24) is 25.3 Å². The van der Waals surface area contributed by atoms with Crippen molar-refractivity contribution < 1.29 is 18.8 Å². The van der Waals surface area contributed by atoms with Crippen molar-refractivity contribution in [3.63, 3.8) is 0 Å². The van der Waals surface area contributed by atoms with Crippen molar-refractivity contribution in [2.75, 3.05) is 13.6 Å². The first-order valence-corrected chi connectivity index (χ1v) is 11.4. The number of benzene rings is 2. The fourth-order valence-electron chi connectivity index (χ4n) is 3.98. The molecule has 0 unspecified atom stereocenters. The highest BCUT2D eigenvalue weighted by Gasteiger charge is 2.46. The number of rotatable bonds is 7. The largest absolute Gasteiger partial charge is 0.350 e. The van der Waals surface area contributed by atoms with Gasteiger partial charge in [-0.15, -0.1) is 0 Å². The SMILES string of the molecule is Cc1ccc(CCNC(=O)c2cc3n(n2)C[C@](C)(C(=O)NCc2ccc(F)cc2)N(C)C3=O)cc1. The van der Waals surface area contributed by atoms with Crippen LogP contribution in [0, 0.1) is 12.7 Å². The minimum atomic E-state index is -1.21. The third-order valence-electron chi connectivity index (χ3n) is 6.41. The maximum atomic E-state index is 13.1. The van der Waals surface area contributed by atoms with Crippen LogP contribution >= 0.6 is 0 Å². The second-order valence-electron chi connectivity index (χ2n) is 9.01. The summed E-state index contributed by atoms with van der Waals surface area (Å²) in [6.45, 7) is 4.39. The van der Waals surface area contributed by atoms with E-state index in [4.69, 9.17) is 0 Å². The summed E-state index contributed by atoms with van der Waals surface area (Å²) in [6.07, 6.45) is 0.674. The van der Waals surface area contributed by atoms with Crippen LogP contribution in [0.4, 0.5) is 4.39 Å². The van der Waals surface area contributed by atoms with Crippen LogP contribution < -0.4 is 10.6 Å². The fraction of sp³-hybridized carbons (Fsp3) is 0.308. The number of carbonyl (C=O) groups is 3. The number of hydrogen-bond acceptors (Lipinski definition) is 4. The number of amides is 3. The molecule has 35 heavy (non-hydrogen) atoms. The van der Waals surface area contributed by atoms with E-state index in [1.54, 1.807) is 26.1 Å². The van der Waals surface area contributed by atoms with Gasteiger partial charge in [0.05, 0.1) is 6.54 Å². The van der Waals surface area contributed by atoms with Gasteiger partial charge in [0.25, 0.3) is 11.8 Å². The first-order chi connectivity index (χ1) is 16.7. The van der Waals surface area contributed by atoms with Crippen LogP contribution in [-0.2, 0) is 24.3 Å². The molecule has 0 saturated heterocycles. The number of nitrogens with one attached hydrogen (secondary N) is 2. The lowest BCUT2D eigenvalue weighted by atomic mass is 9.96. The second kappa shape index (κ2) is 9.69. The lowest BCUT2D eigenvalue weighted by Crippen LogP contribution is -2.62. The molecule has 0 fully saturated rings. The quantitative estimate of drug-likeness (QED) is 0.547. The Labute approximate surface area is 203 Å². The normalized spacial score (nSPS) is 17.1. The summed E-state index contributed by atoms with van der Waals surface area (Å²) < 4.78 is 14.5. The van der Waals surface area contributed by atoms with Crippen LogP contribution in [0.5, 0.6) is 0 Å². The molecule has 1 aromatic heterocycles. The monoisotopic (exact) mass is 477 g/mol. The molecule has 1 atom stereocenters. The maximum absolute atomic E-state index is 13.1. The molecule has 2 heterocycles. The Morgan fingerprint density at radius 1 is 1.06 bits per heavy atom. The maximum Gasteiger partial charge on any atom is 0.272 e. The molecule has 4 rings (SSSR count). The fourth-order valence-corrected chi connectivity index (χ4v) is 3.98. The summed E-state index contributed by atoms with van der Waals surface area (Å²) in [5, 5.41) is 9.96. The second-order valence-corrected chi connectivity index (χ2v) is 9.01. The van der Waals surface area contributed by atoms with Crippen LogP contribution in [0.2, 0.25) is 0 Å². The first kappa shape index (κ1) is 24.1. The molecule has 3 aromatic rings. The number of carbonyl (C=O) groups excluding carboxylic acids is 3. The molecule has 1 aliphatic heterocycles. The number of aryl methyl sites for hydroxylation is 1. The molecule has 0 spiro atoms. The number of halogens is 1. The van der Waals surface area contributed by atoms with E-state index in [1.807, 2.05) is 31.2 Å². The lowest BCUT2D eigenvalue weighted by Gasteiger charge is -2.40. The Morgan fingerprint density at radius 3 is 2.40 bits per heavy atom. The summed E-state index contributed by atoms with van der Waals surface area (Å²) in [6, 6.07) is 15.4. The molecule has 9 heteroatoms. The first-order valence-electron chi connectivity index (χ1n) is 11.4. The number of likely N-dealkylation sites (N-methyl/N-ethyl adjacent to an activating group) is 1. The molecule has 2 aromatic carbocycles. The van der Waals surface area contributed by atoms with Gasteiger partial charge in [-0.05, 0) is 43.5 Å². The van der Waals surface area contributed by atoms with Crippen molar-refractivity contribution in [3.05, 3.63) is 88.5 Å². The minimum Gasteiger partial charge on any atom is -0.350 e. The van der Waals surface area contributed by atoms with Crippen molar-refractivity contribution >= 4 is 17.7 Å². The van der Waals surface area contributed by atoms with Gasteiger partial charge in [0, 0.05) is 26.2 Å². The Morgan fingerprint density at radius 2 is 1.71 bits per heavy atom.